The second kappa shape index (κ2) is 8.09. The van der Waals surface area contributed by atoms with Gasteiger partial charge >= 0.3 is 0 Å². The molecule has 0 spiro atoms. The van der Waals surface area contributed by atoms with Crippen molar-refractivity contribution in [3.63, 3.8) is 0 Å². The van der Waals surface area contributed by atoms with E-state index in [0.717, 1.165) is 52.0 Å². The Morgan fingerprint density at radius 2 is 1.77 bits per heavy atom. The molecule has 0 saturated carbocycles. The molecule has 26 heavy (non-hydrogen) atoms. The molecule has 0 aromatic heterocycles. The highest BCUT2D eigenvalue weighted by atomic mass is 19.3. The molecule has 0 N–H and O–H groups in total. The van der Waals surface area contributed by atoms with Crippen molar-refractivity contribution in [3.05, 3.63) is 0 Å². The van der Waals surface area contributed by atoms with Gasteiger partial charge in [0.1, 0.15) is 0 Å². The summed E-state index contributed by atoms with van der Waals surface area (Å²) < 4.78 is 29.8. The molecule has 0 aromatic rings. The van der Waals surface area contributed by atoms with Crippen LogP contribution in [0.5, 0.6) is 0 Å². The molecule has 3 fully saturated rings. The summed E-state index contributed by atoms with van der Waals surface area (Å²) in [5.41, 5.74) is 0. The van der Waals surface area contributed by atoms with E-state index in [1.54, 1.807) is 0 Å². The fourth-order valence-electron chi connectivity index (χ4n) is 5.04. The van der Waals surface area contributed by atoms with Gasteiger partial charge in [0.15, 0.2) is 0 Å². The van der Waals surface area contributed by atoms with Crippen molar-refractivity contribution in [2.24, 2.45) is 17.8 Å². The number of carbonyl (C=O) groups excluding carboxylic acids is 1. The fourth-order valence-corrected chi connectivity index (χ4v) is 5.04. The molecule has 0 bridgehead atoms. The predicted molar refractivity (Wildman–Crippen MR) is 99.3 cm³/mol. The number of hydrogen-bond donors (Lipinski definition) is 0. The molecule has 150 valence electrons. The Kier molecular flexibility index (Phi) is 6.22. The zero-order valence-corrected chi connectivity index (χ0v) is 16.6. The third-order valence-corrected chi connectivity index (χ3v) is 6.90. The summed E-state index contributed by atoms with van der Waals surface area (Å²) in [7, 11) is 0. The first-order valence-corrected chi connectivity index (χ1v) is 10.4. The lowest BCUT2D eigenvalue weighted by atomic mass is 9.85. The Hall–Kier alpha value is -0.750. The van der Waals surface area contributed by atoms with Gasteiger partial charge < -0.3 is 9.80 Å². The smallest absolute Gasteiger partial charge is 0.280 e. The van der Waals surface area contributed by atoms with E-state index < -0.39 is 18.5 Å². The Bertz CT molecular complexity index is 491. The Morgan fingerprint density at radius 1 is 1.08 bits per heavy atom. The number of alkyl halides is 2. The number of piperidine rings is 2. The van der Waals surface area contributed by atoms with Crippen LogP contribution in [0.15, 0.2) is 0 Å². The van der Waals surface area contributed by atoms with Gasteiger partial charge in [-0.05, 0) is 63.7 Å². The molecule has 4 nitrogen and oxygen atoms in total. The van der Waals surface area contributed by atoms with Gasteiger partial charge in [0.2, 0.25) is 5.91 Å². The molecule has 3 saturated heterocycles. The standard InChI is InChI=1S/C20H35F2N3O/c1-4-23-9-5-17(13-23)19(26)25-12-8-18(20(21,22)14-25)24-10-6-16(7-11-24)15(2)3/h15-18H,4-14H2,1-3H3/t17-,18?/m0/s1. The van der Waals surface area contributed by atoms with Crippen LogP contribution in [-0.2, 0) is 4.79 Å². The normalized spacial score (nSPS) is 31.7. The van der Waals surface area contributed by atoms with Crippen LogP contribution in [0.1, 0.15) is 46.5 Å². The quantitative estimate of drug-likeness (QED) is 0.760. The van der Waals surface area contributed by atoms with E-state index in [1.807, 2.05) is 4.90 Å². The fraction of sp³-hybridized carbons (Fsp3) is 0.950. The van der Waals surface area contributed by atoms with Crippen LogP contribution in [0.4, 0.5) is 8.78 Å². The highest BCUT2D eigenvalue weighted by Gasteiger charge is 2.49. The maximum Gasteiger partial charge on any atom is 0.280 e. The zero-order chi connectivity index (χ0) is 18.9. The van der Waals surface area contributed by atoms with E-state index in [4.69, 9.17) is 0 Å². The van der Waals surface area contributed by atoms with Gasteiger partial charge in [0.25, 0.3) is 5.92 Å². The lowest BCUT2D eigenvalue weighted by Crippen LogP contribution is -2.61. The number of nitrogens with zero attached hydrogens (tertiary/aromatic N) is 3. The maximum atomic E-state index is 14.9. The molecule has 0 aromatic carbocycles. The maximum absolute atomic E-state index is 14.9. The molecule has 1 amide bonds. The second-order valence-electron chi connectivity index (χ2n) is 8.82. The molecule has 3 rings (SSSR count). The summed E-state index contributed by atoms with van der Waals surface area (Å²) in [4.78, 5) is 18.4. The highest BCUT2D eigenvalue weighted by molar-refractivity contribution is 5.79. The molecular formula is C20H35F2N3O. The number of likely N-dealkylation sites (tertiary alicyclic amines) is 3. The highest BCUT2D eigenvalue weighted by Crippen LogP contribution is 2.35. The first kappa shape index (κ1) is 20.0. The largest absolute Gasteiger partial charge is 0.336 e. The van der Waals surface area contributed by atoms with Crippen molar-refractivity contribution >= 4 is 5.91 Å². The lowest BCUT2D eigenvalue weighted by molar-refractivity contribution is -0.159. The molecule has 1 unspecified atom stereocenters. The molecular weight excluding hydrogens is 336 g/mol. The van der Waals surface area contributed by atoms with Crippen LogP contribution >= 0.6 is 0 Å². The van der Waals surface area contributed by atoms with Gasteiger partial charge in [0, 0.05) is 13.1 Å². The first-order chi connectivity index (χ1) is 12.3. The summed E-state index contributed by atoms with van der Waals surface area (Å²) in [5.74, 6) is -1.67. The van der Waals surface area contributed by atoms with Crippen LogP contribution < -0.4 is 0 Å². The Labute approximate surface area is 156 Å². The van der Waals surface area contributed by atoms with E-state index in [0.29, 0.717) is 24.8 Å². The molecule has 2 atom stereocenters. The third kappa shape index (κ3) is 4.22. The molecule has 0 aliphatic carbocycles. The summed E-state index contributed by atoms with van der Waals surface area (Å²) >= 11 is 0. The van der Waals surface area contributed by atoms with Crippen LogP contribution in [0.2, 0.25) is 0 Å². The van der Waals surface area contributed by atoms with Crippen molar-refractivity contribution in [3.8, 4) is 0 Å². The van der Waals surface area contributed by atoms with Crippen LogP contribution in [0, 0.1) is 17.8 Å². The van der Waals surface area contributed by atoms with Crippen molar-refractivity contribution in [2.45, 2.75) is 58.4 Å². The summed E-state index contributed by atoms with van der Waals surface area (Å²) in [6.07, 6.45) is 3.24. The molecule has 0 radical (unpaired) electrons. The summed E-state index contributed by atoms with van der Waals surface area (Å²) in [5, 5.41) is 0. The van der Waals surface area contributed by atoms with Crippen molar-refractivity contribution in [1.29, 1.82) is 0 Å². The molecule has 6 heteroatoms. The van der Waals surface area contributed by atoms with Gasteiger partial charge in [-0.2, -0.15) is 0 Å². The number of rotatable bonds is 4. The number of hydrogen-bond acceptors (Lipinski definition) is 3. The number of halogens is 2. The van der Waals surface area contributed by atoms with E-state index in [1.165, 1.54) is 4.90 Å². The molecule has 3 aliphatic rings. The van der Waals surface area contributed by atoms with Gasteiger partial charge in [-0.1, -0.05) is 20.8 Å². The minimum absolute atomic E-state index is 0.0578. The van der Waals surface area contributed by atoms with Crippen LogP contribution in [-0.4, -0.2) is 78.4 Å². The Balaban J connectivity index is 1.55. The topological polar surface area (TPSA) is 26.8 Å². The van der Waals surface area contributed by atoms with Gasteiger partial charge in [0.05, 0.1) is 18.5 Å². The predicted octanol–water partition coefficient (Wildman–Crippen LogP) is 2.93. The van der Waals surface area contributed by atoms with Crippen molar-refractivity contribution in [1.82, 2.24) is 14.7 Å². The zero-order valence-electron chi connectivity index (χ0n) is 16.6. The summed E-state index contributed by atoms with van der Waals surface area (Å²) in [6, 6.07) is -0.699. The molecule has 3 aliphatic heterocycles. The van der Waals surface area contributed by atoms with Crippen molar-refractivity contribution < 1.29 is 13.6 Å². The molecule has 3 heterocycles. The van der Waals surface area contributed by atoms with E-state index >= 15 is 0 Å². The summed E-state index contributed by atoms with van der Waals surface area (Å²) in [6.45, 7) is 10.7. The average Bonchev–Trinajstić information content (AvgIpc) is 3.09. The van der Waals surface area contributed by atoms with E-state index in [2.05, 4.69) is 25.7 Å². The third-order valence-electron chi connectivity index (χ3n) is 6.90. The van der Waals surface area contributed by atoms with Gasteiger partial charge in [-0.25, -0.2) is 8.78 Å². The van der Waals surface area contributed by atoms with E-state index in [9.17, 15) is 13.6 Å². The van der Waals surface area contributed by atoms with E-state index in [-0.39, 0.29) is 11.8 Å². The first-order valence-electron chi connectivity index (χ1n) is 10.4. The second-order valence-corrected chi connectivity index (χ2v) is 8.82. The van der Waals surface area contributed by atoms with Gasteiger partial charge in [-0.15, -0.1) is 0 Å². The van der Waals surface area contributed by atoms with Crippen LogP contribution in [0.25, 0.3) is 0 Å². The Morgan fingerprint density at radius 3 is 2.31 bits per heavy atom. The SMILES string of the molecule is CCN1CC[C@H](C(=O)N2CCC(N3CCC(C(C)C)CC3)C(F)(F)C2)C1. The minimum Gasteiger partial charge on any atom is -0.336 e. The van der Waals surface area contributed by atoms with Gasteiger partial charge in [-0.3, -0.25) is 9.69 Å². The van der Waals surface area contributed by atoms with Crippen LogP contribution in [0.3, 0.4) is 0 Å². The number of amides is 1. The minimum atomic E-state index is -2.80. The monoisotopic (exact) mass is 371 g/mol. The lowest BCUT2D eigenvalue weighted by Gasteiger charge is -2.46. The average molecular weight is 372 g/mol. The van der Waals surface area contributed by atoms with Crippen molar-refractivity contribution in [2.75, 3.05) is 45.8 Å². The number of carbonyl (C=O) groups is 1.